The van der Waals surface area contributed by atoms with Gasteiger partial charge in [-0.15, -0.1) is 11.8 Å². The summed E-state index contributed by atoms with van der Waals surface area (Å²) < 4.78 is 18.8. The van der Waals surface area contributed by atoms with Crippen LogP contribution in [0.4, 0.5) is 0 Å². The van der Waals surface area contributed by atoms with E-state index in [1.54, 1.807) is 0 Å². The van der Waals surface area contributed by atoms with Crippen molar-refractivity contribution in [3.63, 3.8) is 0 Å². The van der Waals surface area contributed by atoms with Crippen LogP contribution in [0, 0.1) is 0 Å². The first-order valence-corrected chi connectivity index (χ1v) is 6.98. The second kappa shape index (κ2) is 3.58. The molecule has 9 heteroatoms. The van der Waals surface area contributed by atoms with Gasteiger partial charge >= 0.3 is 15.2 Å². The molecule has 0 heterocycles. The van der Waals surface area contributed by atoms with E-state index < -0.39 is 19.9 Å². The molecule has 0 aliphatic carbocycles. The molecule has 0 spiro atoms. The lowest BCUT2D eigenvalue weighted by Gasteiger charge is -2.16. The standard InChI is InChI=1S/C2H8O6P2S/c1-11-2(9(3,4)5)10(6,7)8/h2H,1H3,(H2,3,4,5)(H2,6,7,8). The van der Waals surface area contributed by atoms with Crippen LogP contribution >= 0.6 is 27.0 Å². The Labute approximate surface area is 67.3 Å². The number of hydrogen-bond acceptors (Lipinski definition) is 3. The van der Waals surface area contributed by atoms with Crippen LogP contribution in [0.2, 0.25) is 0 Å². The summed E-state index contributed by atoms with van der Waals surface area (Å²) in [4.78, 5) is 33.6. The second-order valence-electron chi connectivity index (χ2n) is 1.74. The SMILES string of the molecule is CSC(P(=O)(O)O)P(=O)(O)O. The quantitative estimate of drug-likeness (QED) is 0.496. The van der Waals surface area contributed by atoms with Crippen molar-refractivity contribution in [1.29, 1.82) is 0 Å². The van der Waals surface area contributed by atoms with E-state index >= 15 is 0 Å². The summed E-state index contributed by atoms with van der Waals surface area (Å²) in [6.45, 7) is 0. The summed E-state index contributed by atoms with van der Waals surface area (Å²) >= 11 is 0.458. The third-order valence-corrected chi connectivity index (χ3v) is 7.08. The average Bonchev–Trinajstić information content (AvgIpc) is 1.56. The van der Waals surface area contributed by atoms with Crippen molar-refractivity contribution in [3.8, 4) is 0 Å². The minimum atomic E-state index is -4.70. The third kappa shape index (κ3) is 3.71. The van der Waals surface area contributed by atoms with Crippen molar-refractivity contribution in [1.82, 2.24) is 0 Å². The number of rotatable bonds is 3. The maximum Gasteiger partial charge on any atom is 0.350 e. The summed E-state index contributed by atoms with van der Waals surface area (Å²) in [6.07, 6.45) is 1.23. The highest BCUT2D eigenvalue weighted by Gasteiger charge is 2.42. The van der Waals surface area contributed by atoms with E-state index in [4.69, 9.17) is 19.6 Å². The Bertz CT molecular complexity index is 193. The molecular formula is C2H8O6P2S. The molecule has 0 aromatic heterocycles. The maximum absolute atomic E-state index is 10.4. The van der Waals surface area contributed by atoms with Crippen molar-refractivity contribution < 1.29 is 28.7 Å². The summed E-state index contributed by atoms with van der Waals surface area (Å²) in [5.74, 6) is 0. The van der Waals surface area contributed by atoms with Gasteiger partial charge < -0.3 is 19.6 Å². The third-order valence-electron chi connectivity index (χ3n) is 0.786. The molecule has 0 saturated carbocycles. The van der Waals surface area contributed by atoms with Crippen molar-refractivity contribution in [2.75, 3.05) is 6.26 Å². The molecule has 0 unspecified atom stereocenters. The smallest absolute Gasteiger partial charge is 0.323 e. The molecule has 0 aliphatic heterocycles. The van der Waals surface area contributed by atoms with Crippen molar-refractivity contribution in [2.45, 2.75) is 4.73 Å². The van der Waals surface area contributed by atoms with Gasteiger partial charge in [0, 0.05) is 0 Å². The largest absolute Gasteiger partial charge is 0.350 e. The van der Waals surface area contributed by atoms with Crippen molar-refractivity contribution in [3.05, 3.63) is 0 Å². The van der Waals surface area contributed by atoms with Gasteiger partial charge in [0.1, 0.15) is 0 Å². The fourth-order valence-corrected chi connectivity index (χ4v) is 4.24. The Morgan fingerprint density at radius 1 is 1.09 bits per heavy atom. The van der Waals surface area contributed by atoms with Crippen LogP contribution in [0.15, 0.2) is 0 Å². The fourth-order valence-electron chi connectivity index (χ4n) is 0.471. The second-order valence-corrected chi connectivity index (χ2v) is 7.18. The first kappa shape index (κ1) is 11.6. The lowest BCUT2D eigenvalue weighted by atomic mass is 11.8. The predicted molar refractivity (Wildman–Crippen MR) is 41.4 cm³/mol. The van der Waals surface area contributed by atoms with Gasteiger partial charge in [-0.05, 0) is 6.26 Å². The van der Waals surface area contributed by atoms with E-state index in [2.05, 4.69) is 0 Å². The molecule has 0 atom stereocenters. The van der Waals surface area contributed by atoms with Gasteiger partial charge in [0.15, 0.2) is 0 Å². The number of thioether (sulfide) groups is 1. The molecular weight excluding hydrogens is 214 g/mol. The Kier molecular flexibility index (Phi) is 3.79. The maximum atomic E-state index is 10.4. The van der Waals surface area contributed by atoms with E-state index in [1.165, 1.54) is 6.26 Å². The molecule has 11 heavy (non-hydrogen) atoms. The van der Waals surface area contributed by atoms with Crippen LogP contribution in [0.1, 0.15) is 0 Å². The van der Waals surface area contributed by atoms with Gasteiger partial charge in [-0.2, -0.15) is 0 Å². The van der Waals surface area contributed by atoms with Gasteiger partial charge in [-0.25, -0.2) is 0 Å². The minimum absolute atomic E-state index is 0.458. The zero-order valence-corrected chi connectivity index (χ0v) is 8.09. The van der Waals surface area contributed by atoms with Crippen LogP contribution in [0.3, 0.4) is 0 Å². The van der Waals surface area contributed by atoms with Gasteiger partial charge in [-0.1, -0.05) is 0 Å². The summed E-state index contributed by atoms with van der Waals surface area (Å²) in [5.41, 5.74) is 0. The normalized spacial score (nSPS) is 14.0. The molecule has 0 fully saturated rings. The molecule has 68 valence electrons. The van der Waals surface area contributed by atoms with Crippen molar-refractivity contribution in [2.24, 2.45) is 0 Å². The highest BCUT2D eigenvalue weighted by Crippen LogP contribution is 2.63. The van der Waals surface area contributed by atoms with E-state index in [9.17, 15) is 9.13 Å². The Morgan fingerprint density at radius 2 is 1.36 bits per heavy atom. The fraction of sp³-hybridized carbons (Fsp3) is 1.00. The lowest BCUT2D eigenvalue weighted by molar-refractivity contribution is 0.352. The number of hydrogen-bond donors (Lipinski definition) is 4. The van der Waals surface area contributed by atoms with Crippen LogP contribution in [-0.2, 0) is 9.13 Å². The van der Waals surface area contributed by atoms with E-state index in [0.29, 0.717) is 11.8 Å². The molecule has 0 rings (SSSR count). The van der Waals surface area contributed by atoms with Gasteiger partial charge in [-0.3, -0.25) is 9.13 Å². The zero-order chi connectivity index (χ0) is 9.28. The Balaban J connectivity index is 4.72. The topological polar surface area (TPSA) is 115 Å². The van der Waals surface area contributed by atoms with E-state index in [0.717, 1.165) is 0 Å². The van der Waals surface area contributed by atoms with Crippen LogP contribution in [-0.4, -0.2) is 30.6 Å². The summed E-state index contributed by atoms with van der Waals surface area (Å²) in [7, 11) is -9.40. The first-order chi connectivity index (χ1) is 4.69. The molecule has 0 aromatic carbocycles. The van der Waals surface area contributed by atoms with Crippen LogP contribution < -0.4 is 0 Å². The zero-order valence-electron chi connectivity index (χ0n) is 5.49. The average molecular weight is 222 g/mol. The van der Waals surface area contributed by atoms with Gasteiger partial charge in [0.25, 0.3) is 0 Å². The minimum Gasteiger partial charge on any atom is -0.323 e. The highest BCUT2D eigenvalue weighted by molar-refractivity contribution is 8.11. The van der Waals surface area contributed by atoms with Crippen LogP contribution in [0.5, 0.6) is 0 Å². The molecule has 0 aliphatic rings. The van der Waals surface area contributed by atoms with E-state index in [-0.39, 0.29) is 0 Å². The lowest BCUT2D eigenvalue weighted by Crippen LogP contribution is -2.03. The first-order valence-electron chi connectivity index (χ1n) is 2.33. The highest BCUT2D eigenvalue weighted by atomic mass is 32.2. The molecule has 0 saturated heterocycles. The van der Waals surface area contributed by atoms with Gasteiger partial charge in [0.2, 0.25) is 4.73 Å². The molecule has 0 bridgehead atoms. The monoisotopic (exact) mass is 222 g/mol. The summed E-state index contributed by atoms with van der Waals surface area (Å²) in [6, 6.07) is 0. The predicted octanol–water partition coefficient (Wildman–Crippen LogP) is -0.0116. The molecule has 6 nitrogen and oxygen atoms in total. The summed E-state index contributed by atoms with van der Waals surface area (Å²) in [5, 5.41) is 0. The Hall–Kier alpha value is 0.650. The Morgan fingerprint density at radius 3 is 1.36 bits per heavy atom. The van der Waals surface area contributed by atoms with E-state index in [1.807, 2.05) is 0 Å². The molecule has 0 aromatic rings. The van der Waals surface area contributed by atoms with Crippen LogP contribution in [0.25, 0.3) is 0 Å². The van der Waals surface area contributed by atoms with Gasteiger partial charge in [0.05, 0.1) is 0 Å². The molecule has 0 radical (unpaired) electrons. The van der Waals surface area contributed by atoms with Crippen molar-refractivity contribution >= 4 is 27.0 Å². The molecule has 4 N–H and O–H groups in total. The molecule has 0 amide bonds.